The number of alkyl halides is 3. The van der Waals surface area contributed by atoms with Crippen LogP contribution in [0.25, 0.3) is 16.9 Å². The Morgan fingerprint density at radius 2 is 1.67 bits per heavy atom. The molecule has 254 valence electrons. The summed E-state index contributed by atoms with van der Waals surface area (Å²) >= 11 is 0. The van der Waals surface area contributed by atoms with E-state index in [4.69, 9.17) is 4.84 Å². The normalized spacial score (nSPS) is 16.7. The number of hydrazine groups is 1. The molecule has 1 saturated heterocycles. The van der Waals surface area contributed by atoms with Crippen molar-refractivity contribution in [2.24, 2.45) is 5.28 Å². The Labute approximate surface area is 276 Å². The van der Waals surface area contributed by atoms with Gasteiger partial charge in [0.25, 0.3) is 27.7 Å². The summed E-state index contributed by atoms with van der Waals surface area (Å²) in [6.45, 7) is 1.17. The third-order valence-corrected chi connectivity index (χ3v) is 9.28. The van der Waals surface area contributed by atoms with Crippen LogP contribution < -0.4 is 4.72 Å². The molecule has 14 nitrogen and oxygen atoms in total. The van der Waals surface area contributed by atoms with E-state index in [0.29, 0.717) is 12.0 Å². The number of imide groups is 1. The van der Waals surface area contributed by atoms with E-state index in [1.54, 1.807) is 36.4 Å². The summed E-state index contributed by atoms with van der Waals surface area (Å²) in [4.78, 5) is 43.2. The van der Waals surface area contributed by atoms with Crippen LogP contribution in [0.2, 0.25) is 0 Å². The van der Waals surface area contributed by atoms with Crippen LogP contribution in [0.1, 0.15) is 44.8 Å². The second-order valence-electron chi connectivity index (χ2n) is 11.2. The number of rotatable bonds is 9. The Bertz CT molecular complexity index is 2050. The third kappa shape index (κ3) is 6.54. The molecule has 2 aliphatic rings. The van der Waals surface area contributed by atoms with Gasteiger partial charge in [-0.25, -0.2) is 22.7 Å². The summed E-state index contributed by atoms with van der Waals surface area (Å²) < 4.78 is 69.9. The molecule has 3 amide bonds. The van der Waals surface area contributed by atoms with Crippen molar-refractivity contribution in [3.8, 4) is 16.9 Å². The molecule has 1 fully saturated rings. The van der Waals surface area contributed by atoms with Gasteiger partial charge in [-0.15, -0.1) is 5.01 Å². The van der Waals surface area contributed by atoms with Gasteiger partial charge in [-0.3, -0.25) is 14.4 Å². The Hall–Kier alpha value is -5.78. The van der Waals surface area contributed by atoms with E-state index in [-0.39, 0.29) is 45.3 Å². The van der Waals surface area contributed by atoms with Gasteiger partial charge in [0, 0.05) is 5.56 Å². The first-order valence-corrected chi connectivity index (χ1v) is 16.2. The molecule has 0 spiro atoms. The summed E-state index contributed by atoms with van der Waals surface area (Å²) in [6.07, 6.45) is -4.31. The number of amides is 3. The molecule has 0 radical (unpaired) electrons. The van der Waals surface area contributed by atoms with Crippen LogP contribution in [0.4, 0.5) is 13.2 Å². The van der Waals surface area contributed by atoms with Crippen molar-refractivity contribution < 1.29 is 45.8 Å². The smallest absolute Gasteiger partial charge is 0.435 e. The topological polar surface area (TPSA) is 169 Å². The molecule has 1 aromatic heterocycles. The SMILES string of the molecule is Cc1ccc(-c2cc(C(F)(F)F)nn2-c2ccc(S(=O)(=O)NC(=O)[C@@H]3CCCN3[N+]([O-])=NOCN3C(=O)c4ccccc4C3=O)cc2)cc1. The van der Waals surface area contributed by atoms with E-state index in [2.05, 4.69) is 10.4 Å². The largest absolute Gasteiger partial charge is 0.569 e. The van der Waals surface area contributed by atoms with E-state index in [0.717, 1.165) is 38.4 Å². The standard InChI is InChI=1S/C31H26F3N7O7S/c1-19-8-10-20(11-9-19)26-17-27(31(32,33)34)35-40(26)21-12-14-22(15-13-21)49(46,47)36-28(42)25-7-4-16-39(25)41(45)37-48-18-38-29(43)23-5-2-3-6-24(23)30(38)44/h2-3,5-6,8-15,17,25H,4,7,16,18H2,1H3,(H,36,42)/t25-/m0/s1. The second kappa shape index (κ2) is 12.7. The van der Waals surface area contributed by atoms with Crippen LogP contribution in [0.3, 0.4) is 0 Å². The summed E-state index contributed by atoms with van der Waals surface area (Å²) in [7, 11) is -4.50. The number of sulfonamides is 1. The number of nitrogens with zero attached hydrogens (tertiary/aromatic N) is 6. The highest BCUT2D eigenvalue weighted by Crippen LogP contribution is 2.33. The molecule has 0 saturated carbocycles. The summed E-state index contributed by atoms with van der Waals surface area (Å²) in [5.41, 5.74) is 0.805. The lowest BCUT2D eigenvalue weighted by Gasteiger charge is -2.19. The number of benzene rings is 3. The first kappa shape index (κ1) is 33.1. The predicted molar refractivity (Wildman–Crippen MR) is 163 cm³/mol. The van der Waals surface area contributed by atoms with Crippen LogP contribution in [-0.4, -0.2) is 70.1 Å². The number of hydrogen-bond donors (Lipinski definition) is 1. The highest BCUT2D eigenvalue weighted by atomic mass is 32.2. The molecular formula is C31H26F3N7O7S. The lowest BCUT2D eigenvalue weighted by molar-refractivity contribution is -0.712. The molecule has 4 aromatic rings. The fraction of sp³-hybridized carbons (Fsp3) is 0.226. The van der Waals surface area contributed by atoms with Gasteiger partial charge in [-0.1, -0.05) is 42.0 Å². The second-order valence-corrected chi connectivity index (χ2v) is 12.8. The average Bonchev–Trinajstić information content (AvgIpc) is 3.80. The predicted octanol–water partition coefficient (Wildman–Crippen LogP) is 4.20. The van der Waals surface area contributed by atoms with Gasteiger partial charge in [0.05, 0.1) is 38.9 Å². The molecular weight excluding hydrogens is 671 g/mol. The Balaban J connectivity index is 1.13. The minimum atomic E-state index is -4.73. The molecule has 1 atom stereocenters. The molecule has 3 heterocycles. The van der Waals surface area contributed by atoms with E-state index < -0.39 is 52.4 Å². The van der Waals surface area contributed by atoms with Crippen molar-refractivity contribution in [3.63, 3.8) is 0 Å². The van der Waals surface area contributed by atoms with Gasteiger partial charge < -0.3 is 10.0 Å². The summed E-state index contributed by atoms with van der Waals surface area (Å²) in [5, 5.41) is 20.6. The van der Waals surface area contributed by atoms with E-state index >= 15 is 0 Å². The van der Waals surface area contributed by atoms with E-state index in [9.17, 15) is 41.2 Å². The lowest BCUT2D eigenvalue weighted by Crippen LogP contribution is -2.47. The van der Waals surface area contributed by atoms with Crippen LogP contribution in [0.5, 0.6) is 0 Å². The highest BCUT2D eigenvalue weighted by molar-refractivity contribution is 7.90. The summed E-state index contributed by atoms with van der Waals surface area (Å²) in [5.74, 6) is -2.30. The highest BCUT2D eigenvalue weighted by Gasteiger charge is 2.40. The zero-order valence-corrected chi connectivity index (χ0v) is 26.3. The fourth-order valence-corrected chi connectivity index (χ4v) is 6.44. The number of aromatic nitrogens is 2. The zero-order valence-electron chi connectivity index (χ0n) is 25.5. The maximum absolute atomic E-state index is 13.6. The Morgan fingerprint density at radius 3 is 2.29 bits per heavy atom. The van der Waals surface area contributed by atoms with Gasteiger partial charge in [-0.2, -0.15) is 18.3 Å². The minimum Gasteiger partial charge on any atom is -0.569 e. The third-order valence-electron chi connectivity index (χ3n) is 7.91. The van der Waals surface area contributed by atoms with Crippen molar-refractivity contribution in [1.82, 2.24) is 24.4 Å². The Morgan fingerprint density at radius 1 is 1.04 bits per heavy atom. The average molecular weight is 698 g/mol. The van der Waals surface area contributed by atoms with Crippen molar-refractivity contribution in [2.45, 2.75) is 36.9 Å². The molecule has 2 aliphatic heterocycles. The lowest BCUT2D eigenvalue weighted by atomic mass is 10.1. The monoisotopic (exact) mass is 697 g/mol. The zero-order chi connectivity index (χ0) is 35.1. The fourth-order valence-electron chi connectivity index (χ4n) is 5.43. The van der Waals surface area contributed by atoms with Crippen molar-refractivity contribution in [2.75, 3.05) is 13.3 Å². The Kier molecular flexibility index (Phi) is 8.57. The van der Waals surface area contributed by atoms with Crippen LogP contribution in [0.15, 0.2) is 89.0 Å². The van der Waals surface area contributed by atoms with Crippen LogP contribution >= 0.6 is 0 Å². The van der Waals surface area contributed by atoms with Crippen molar-refractivity contribution in [3.05, 3.63) is 106 Å². The van der Waals surface area contributed by atoms with Gasteiger partial charge in [0.2, 0.25) is 12.0 Å². The van der Waals surface area contributed by atoms with Gasteiger partial charge >= 0.3 is 6.18 Å². The van der Waals surface area contributed by atoms with Crippen LogP contribution in [0, 0.1) is 12.1 Å². The van der Waals surface area contributed by atoms with Crippen molar-refractivity contribution >= 4 is 27.7 Å². The molecule has 49 heavy (non-hydrogen) atoms. The number of nitrogens with one attached hydrogen (secondary N) is 1. The van der Waals surface area contributed by atoms with Gasteiger partial charge in [-0.05, 0) is 62.2 Å². The molecule has 3 aromatic carbocycles. The first-order chi connectivity index (χ1) is 23.2. The van der Waals surface area contributed by atoms with Crippen LogP contribution in [-0.2, 0) is 25.8 Å². The number of carbonyl (C=O) groups is 3. The molecule has 0 bridgehead atoms. The van der Waals surface area contributed by atoms with Crippen molar-refractivity contribution in [1.29, 1.82) is 0 Å². The molecule has 0 unspecified atom stereocenters. The quantitative estimate of drug-likeness (QED) is 0.117. The van der Waals surface area contributed by atoms with Gasteiger partial charge in [0.1, 0.15) is 0 Å². The van der Waals surface area contributed by atoms with E-state index in [1.807, 2.05) is 11.6 Å². The number of aryl methyl sites for hydroxylation is 1. The molecule has 18 heteroatoms. The maximum Gasteiger partial charge on any atom is 0.435 e. The number of halogens is 3. The number of hydrogen-bond acceptors (Lipinski definition) is 9. The molecule has 1 N–H and O–H groups in total. The van der Waals surface area contributed by atoms with Gasteiger partial charge in [0.15, 0.2) is 11.7 Å². The maximum atomic E-state index is 13.6. The minimum absolute atomic E-state index is 0.0172. The first-order valence-electron chi connectivity index (χ1n) is 14.7. The van der Waals surface area contributed by atoms with E-state index in [1.165, 1.54) is 24.3 Å². The molecule has 0 aliphatic carbocycles. The molecule has 6 rings (SSSR count). The number of fused-ring (bicyclic) bond motifs is 1. The summed E-state index contributed by atoms with van der Waals surface area (Å²) in [6, 6.07) is 17.2. The number of carbonyl (C=O) groups excluding carboxylic acids is 3.